The molecule has 1 aromatic rings. The SMILES string of the molecule is CC1(C)Cc2cc(C(O)C(=O)O)cc(Cl)c2O1. The highest BCUT2D eigenvalue weighted by Crippen LogP contribution is 2.41. The number of hydrogen-bond donors (Lipinski definition) is 2. The van der Waals surface area contributed by atoms with Crippen molar-refractivity contribution < 1.29 is 19.7 Å². The largest absolute Gasteiger partial charge is 0.486 e. The lowest BCUT2D eigenvalue weighted by Crippen LogP contribution is -2.24. The summed E-state index contributed by atoms with van der Waals surface area (Å²) in [4.78, 5) is 10.7. The molecule has 5 heteroatoms. The maximum Gasteiger partial charge on any atom is 0.337 e. The normalized spacial score (nSPS) is 18.4. The number of halogens is 1. The van der Waals surface area contributed by atoms with E-state index in [2.05, 4.69) is 0 Å². The lowest BCUT2D eigenvalue weighted by Gasteiger charge is -2.17. The third kappa shape index (κ3) is 2.23. The summed E-state index contributed by atoms with van der Waals surface area (Å²) in [5.41, 5.74) is 0.763. The number of fused-ring (bicyclic) bond motifs is 1. The summed E-state index contributed by atoms with van der Waals surface area (Å²) in [5, 5.41) is 18.6. The zero-order valence-electron chi connectivity index (χ0n) is 9.53. The predicted molar refractivity (Wildman–Crippen MR) is 62.5 cm³/mol. The molecule has 1 aliphatic heterocycles. The molecule has 4 nitrogen and oxygen atoms in total. The van der Waals surface area contributed by atoms with E-state index in [1.54, 1.807) is 6.07 Å². The molecule has 2 N–H and O–H groups in total. The van der Waals surface area contributed by atoms with E-state index < -0.39 is 12.1 Å². The van der Waals surface area contributed by atoms with Gasteiger partial charge in [-0.3, -0.25) is 0 Å². The molecule has 2 rings (SSSR count). The zero-order chi connectivity index (χ0) is 12.8. The topological polar surface area (TPSA) is 66.8 Å². The van der Waals surface area contributed by atoms with Gasteiger partial charge in [0, 0.05) is 12.0 Å². The van der Waals surface area contributed by atoms with Crippen LogP contribution < -0.4 is 4.74 Å². The van der Waals surface area contributed by atoms with E-state index in [4.69, 9.17) is 21.4 Å². The number of hydrogen-bond acceptors (Lipinski definition) is 3. The van der Waals surface area contributed by atoms with Gasteiger partial charge in [-0.1, -0.05) is 11.6 Å². The Kier molecular flexibility index (Phi) is 2.79. The van der Waals surface area contributed by atoms with Gasteiger partial charge in [-0.15, -0.1) is 0 Å². The molecule has 92 valence electrons. The zero-order valence-corrected chi connectivity index (χ0v) is 10.3. The Hall–Kier alpha value is -1.26. The van der Waals surface area contributed by atoms with Crippen LogP contribution in [0.25, 0.3) is 0 Å². The van der Waals surface area contributed by atoms with Gasteiger partial charge in [-0.2, -0.15) is 0 Å². The van der Waals surface area contributed by atoms with Crippen molar-refractivity contribution in [3.63, 3.8) is 0 Å². The summed E-state index contributed by atoms with van der Waals surface area (Å²) >= 11 is 6.02. The van der Waals surface area contributed by atoms with Gasteiger partial charge >= 0.3 is 5.97 Å². The number of carboxylic acids is 1. The van der Waals surface area contributed by atoms with Gasteiger partial charge < -0.3 is 14.9 Å². The molecular formula is C12H13ClO4. The minimum Gasteiger partial charge on any atom is -0.486 e. The first-order chi connectivity index (χ1) is 7.80. The minimum absolute atomic E-state index is 0.280. The highest BCUT2D eigenvalue weighted by atomic mass is 35.5. The number of ether oxygens (including phenoxy) is 1. The maximum absolute atomic E-state index is 10.7. The first-order valence-electron chi connectivity index (χ1n) is 5.22. The molecular weight excluding hydrogens is 244 g/mol. The van der Waals surface area contributed by atoms with Crippen molar-refractivity contribution in [3.8, 4) is 5.75 Å². The molecule has 1 aliphatic rings. The van der Waals surface area contributed by atoms with Crippen LogP contribution in [-0.2, 0) is 11.2 Å². The second-order valence-electron chi connectivity index (χ2n) is 4.77. The molecule has 0 amide bonds. The second kappa shape index (κ2) is 3.89. The standard InChI is InChI=1S/C12H13ClO4/c1-12(2)5-7-3-6(9(14)11(15)16)4-8(13)10(7)17-12/h3-4,9,14H,5H2,1-2H3,(H,15,16). The third-order valence-electron chi connectivity index (χ3n) is 2.69. The van der Waals surface area contributed by atoms with Gasteiger partial charge in [0.1, 0.15) is 11.4 Å². The number of rotatable bonds is 2. The summed E-state index contributed by atoms with van der Waals surface area (Å²) in [6.45, 7) is 3.85. The maximum atomic E-state index is 10.7. The van der Waals surface area contributed by atoms with Gasteiger partial charge in [0.05, 0.1) is 5.02 Å². The van der Waals surface area contributed by atoms with Gasteiger partial charge in [0.15, 0.2) is 6.10 Å². The van der Waals surface area contributed by atoms with E-state index in [1.165, 1.54) is 6.07 Å². The number of benzene rings is 1. The molecule has 1 aromatic carbocycles. The van der Waals surface area contributed by atoms with Crippen LogP contribution in [0.5, 0.6) is 5.75 Å². The van der Waals surface area contributed by atoms with E-state index in [0.29, 0.717) is 17.2 Å². The Morgan fingerprint density at radius 1 is 1.53 bits per heavy atom. The van der Waals surface area contributed by atoms with Crippen LogP contribution in [0.2, 0.25) is 5.02 Å². The van der Waals surface area contributed by atoms with Crippen LogP contribution in [-0.4, -0.2) is 21.8 Å². The fraction of sp³-hybridized carbons (Fsp3) is 0.417. The molecule has 1 atom stereocenters. The average Bonchev–Trinajstić information content (AvgIpc) is 2.51. The fourth-order valence-corrected chi connectivity index (χ4v) is 2.28. The molecule has 0 fully saturated rings. The van der Waals surface area contributed by atoms with Crippen molar-refractivity contribution in [2.24, 2.45) is 0 Å². The Morgan fingerprint density at radius 2 is 2.18 bits per heavy atom. The Labute approximate surface area is 104 Å². The molecule has 0 bridgehead atoms. The number of aliphatic carboxylic acids is 1. The van der Waals surface area contributed by atoms with Crippen LogP contribution in [0.4, 0.5) is 0 Å². The fourth-order valence-electron chi connectivity index (χ4n) is 1.99. The van der Waals surface area contributed by atoms with E-state index in [0.717, 1.165) is 5.56 Å². The lowest BCUT2D eigenvalue weighted by atomic mass is 9.98. The summed E-state index contributed by atoms with van der Waals surface area (Å²) in [6.07, 6.45) is -0.913. The average molecular weight is 257 g/mol. The van der Waals surface area contributed by atoms with Gasteiger partial charge in [-0.05, 0) is 31.5 Å². The number of carboxylic acid groups (broad SMARTS) is 1. The third-order valence-corrected chi connectivity index (χ3v) is 2.97. The highest BCUT2D eigenvalue weighted by molar-refractivity contribution is 6.32. The van der Waals surface area contributed by atoms with Crippen molar-refractivity contribution in [2.75, 3.05) is 0 Å². The molecule has 1 heterocycles. The van der Waals surface area contributed by atoms with Crippen molar-refractivity contribution in [3.05, 3.63) is 28.3 Å². The van der Waals surface area contributed by atoms with E-state index in [-0.39, 0.29) is 11.2 Å². The molecule has 1 unspecified atom stereocenters. The van der Waals surface area contributed by atoms with Crippen LogP contribution in [0.15, 0.2) is 12.1 Å². The number of aliphatic hydroxyl groups is 1. The van der Waals surface area contributed by atoms with Gasteiger partial charge in [0.2, 0.25) is 0 Å². The summed E-state index contributed by atoms with van der Waals surface area (Å²) in [6, 6.07) is 3.06. The van der Waals surface area contributed by atoms with Crippen LogP contribution >= 0.6 is 11.6 Å². The Morgan fingerprint density at radius 3 is 2.76 bits per heavy atom. The minimum atomic E-state index is -1.55. The van der Waals surface area contributed by atoms with Gasteiger partial charge in [0.25, 0.3) is 0 Å². The summed E-state index contributed by atoms with van der Waals surface area (Å²) < 4.78 is 5.66. The molecule has 17 heavy (non-hydrogen) atoms. The van der Waals surface area contributed by atoms with E-state index >= 15 is 0 Å². The molecule has 0 saturated heterocycles. The summed E-state index contributed by atoms with van der Waals surface area (Å²) in [5.74, 6) is -0.711. The highest BCUT2D eigenvalue weighted by Gasteiger charge is 2.33. The monoisotopic (exact) mass is 256 g/mol. The molecule has 0 aliphatic carbocycles. The van der Waals surface area contributed by atoms with Crippen LogP contribution in [0.3, 0.4) is 0 Å². The number of aliphatic hydroxyl groups excluding tert-OH is 1. The van der Waals surface area contributed by atoms with Crippen LogP contribution in [0.1, 0.15) is 31.1 Å². The first-order valence-corrected chi connectivity index (χ1v) is 5.60. The van der Waals surface area contributed by atoms with E-state index in [9.17, 15) is 9.90 Å². The Bertz CT molecular complexity index is 482. The van der Waals surface area contributed by atoms with Crippen molar-refractivity contribution in [1.82, 2.24) is 0 Å². The Balaban J connectivity index is 2.44. The van der Waals surface area contributed by atoms with Crippen LogP contribution in [0, 0.1) is 0 Å². The van der Waals surface area contributed by atoms with Gasteiger partial charge in [-0.25, -0.2) is 4.79 Å². The quantitative estimate of drug-likeness (QED) is 0.851. The lowest BCUT2D eigenvalue weighted by molar-refractivity contribution is -0.146. The van der Waals surface area contributed by atoms with Crippen molar-refractivity contribution >= 4 is 17.6 Å². The molecule has 0 aromatic heterocycles. The van der Waals surface area contributed by atoms with Crippen molar-refractivity contribution in [1.29, 1.82) is 0 Å². The van der Waals surface area contributed by atoms with Crippen molar-refractivity contribution in [2.45, 2.75) is 32.0 Å². The first kappa shape index (κ1) is 12.2. The summed E-state index contributed by atoms with van der Waals surface area (Å²) in [7, 11) is 0. The molecule has 0 spiro atoms. The molecule has 0 radical (unpaired) electrons. The second-order valence-corrected chi connectivity index (χ2v) is 5.18. The predicted octanol–water partition coefficient (Wildman–Crippen LogP) is 2.17. The smallest absolute Gasteiger partial charge is 0.337 e. The number of carbonyl (C=O) groups is 1. The molecule has 0 saturated carbocycles. The van der Waals surface area contributed by atoms with E-state index in [1.807, 2.05) is 13.8 Å².